The second-order valence-corrected chi connectivity index (χ2v) is 12.7. The normalized spacial score (nSPS) is 14.3. The van der Waals surface area contributed by atoms with Gasteiger partial charge in [-0.3, -0.25) is 13.9 Å². The number of carbonyl (C=O) groups excluding carboxylic acids is 2. The molecule has 2 amide bonds. The summed E-state index contributed by atoms with van der Waals surface area (Å²) in [5, 5.41) is 3.90. The maximum absolute atomic E-state index is 14.0. The first-order valence-electron chi connectivity index (χ1n) is 13.3. The molecule has 0 saturated heterocycles. The van der Waals surface area contributed by atoms with Crippen LogP contribution in [0.3, 0.4) is 0 Å². The minimum Gasteiger partial charge on any atom is -0.497 e. The van der Waals surface area contributed by atoms with Crippen molar-refractivity contribution < 1.29 is 22.7 Å². The zero-order valence-electron chi connectivity index (χ0n) is 22.9. The average molecular weight is 619 g/mol. The Morgan fingerprint density at radius 3 is 2.24 bits per heavy atom. The molecule has 1 unspecified atom stereocenters. The molecule has 8 nitrogen and oxygen atoms in total. The molecule has 3 aromatic carbocycles. The molecular weight excluding hydrogens is 585 g/mol. The van der Waals surface area contributed by atoms with E-state index in [0.717, 1.165) is 35.6 Å². The maximum Gasteiger partial charge on any atom is 0.264 e. The predicted octanol–water partition coefficient (Wildman–Crippen LogP) is 5.67. The number of methoxy groups -OCH3 is 1. The number of benzene rings is 3. The third-order valence-corrected chi connectivity index (χ3v) is 9.43. The highest BCUT2D eigenvalue weighted by atomic mass is 35.5. The number of halogens is 2. The highest BCUT2D eigenvalue weighted by Crippen LogP contribution is 2.28. The number of nitrogens with zero attached hydrogens (tertiary/aromatic N) is 2. The lowest BCUT2D eigenvalue weighted by Gasteiger charge is -2.32. The molecule has 0 aromatic heterocycles. The van der Waals surface area contributed by atoms with Crippen molar-refractivity contribution in [3.05, 3.63) is 88.4 Å². The number of amides is 2. The van der Waals surface area contributed by atoms with Crippen molar-refractivity contribution in [2.45, 2.75) is 56.1 Å². The smallest absolute Gasteiger partial charge is 0.264 e. The Labute approximate surface area is 251 Å². The maximum atomic E-state index is 14.0. The number of hydrogen-bond donors (Lipinski definition) is 1. The standard InChI is InChI=1S/C30H33Cl2N3O5S/c1-21(30(37)33-25-7-3-4-8-25)34(19-22-10-12-23(31)13-11-22)29(36)20-35(26-9-5-6-24(32)18-26)41(38,39)28-16-14-27(40-2)15-17-28/h5-6,9-18,21,25H,3-4,7-8,19-20H2,1-2H3,(H,33,37). The summed E-state index contributed by atoms with van der Waals surface area (Å²) in [4.78, 5) is 28.7. The molecule has 1 aliphatic rings. The van der Waals surface area contributed by atoms with Gasteiger partial charge in [0.25, 0.3) is 10.0 Å². The van der Waals surface area contributed by atoms with Gasteiger partial charge < -0.3 is 15.0 Å². The van der Waals surface area contributed by atoms with Gasteiger partial charge >= 0.3 is 0 Å². The van der Waals surface area contributed by atoms with Crippen molar-refractivity contribution in [2.24, 2.45) is 0 Å². The van der Waals surface area contributed by atoms with Gasteiger partial charge in [0, 0.05) is 22.6 Å². The molecule has 11 heteroatoms. The van der Waals surface area contributed by atoms with E-state index in [4.69, 9.17) is 27.9 Å². The van der Waals surface area contributed by atoms with Crippen molar-refractivity contribution >= 4 is 50.7 Å². The summed E-state index contributed by atoms with van der Waals surface area (Å²) in [6.07, 6.45) is 3.88. The van der Waals surface area contributed by atoms with Crippen LogP contribution in [-0.4, -0.2) is 50.9 Å². The summed E-state index contributed by atoms with van der Waals surface area (Å²) >= 11 is 12.3. The van der Waals surface area contributed by atoms with Crippen molar-refractivity contribution in [1.82, 2.24) is 10.2 Å². The number of sulfonamides is 1. The zero-order chi connectivity index (χ0) is 29.6. The summed E-state index contributed by atoms with van der Waals surface area (Å²) < 4.78 is 34.0. The third kappa shape index (κ3) is 7.72. The summed E-state index contributed by atoms with van der Waals surface area (Å²) in [6, 6.07) is 18.3. The van der Waals surface area contributed by atoms with E-state index < -0.39 is 28.5 Å². The Morgan fingerprint density at radius 2 is 1.63 bits per heavy atom. The Hall–Kier alpha value is -3.27. The van der Waals surface area contributed by atoms with Crippen LogP contribution in [0.15, 0.2) is 77.7 Å². The SMILES string of the molecule is COc1ccc(S(=O)(=O)N(CC(=O)N(Cc2ccc(Cl)cc2)C(C)C(=O)NC2CCCC2)c2cccc(Cl)c2)cc1. The van der Waals surface area contributed by atoms with E-state index in [1.54, 1.807) is 49.4 Å². The monoisotopic (exact) mass is 617 g/mol. The predicted molar refractivity (Wildman–Crippen MR) is 161 cm³/mol. The van der Waals surface area contributed by atoms with Crippen molar-refractivity contribution in [2.75, 3.05) is 18.0 Å². The number of hydrogen-bond acceptors (Lipinski definition) is 5. The largest absolute Gasteiger partial charge is 0.497 e. The van der Waals surface area contributed by atoms with Crippen LogP contribution in [0.4, 0.5) is 5.69 Å². The van der Waals surface area contributed by atoms with Crippen LogP contribution in [0.1, 0.15) is 38.2 Å². The molecule has 41 heavy (non-hydrogen) atoms. The molecule has 4 rings (SSSR count). The lowest BCUT2D eigenvalue weighted by atomic mass is 10.1. The molecule has 0 aliphatic heterocycles. The lowest BCUT2D eigenvalue weighted by Crippen LogP contribution is -2.52. The molecule has 0 heterocycles. The van der Waals surface area contributed by atoms with Gasteiger partial charge in [-0.15, -0.1) is 0 Å². The molecule has 1 saturated carbocycles. The van der Waals surface area contributed by atoms with E-state index in [9.17, 15) is 18.0 Å². The summed E-state index contributed by atoms with van der Waals surface area (Å²) in [5.74, 6) is -0.344. The molecule has 0 bridgehead atoms. The zero-order valence-corrected chi connectivity index (χ0v) is 25.3. The number of nitrogens with one attached hydrogen (secondary N) is 1. The van der Waals surface area contributed by atoms with Gasteiger partial charge in [-0.05, 0) is 79.9 Å². The van der Waals surface area contributed by atoms with Crippen LogP contribution in [0, 0.1) is 0 Å². The molecule has 1 atom stereocenters. The molecule has 1 aliphatic carbocycles. The molecule has 0 spiro atoms. The van der Waals surface area contributed by atoms with E-state index in [1.165, 1.54) is 42.3 Å². The number of rotatable bonds is 11. The van der Waals surface area contributed by atoms with Gasteiger partial charge in [0.2, 0.25) is 11.8 Å². The molecule has 1 N–H and O–H groups in total. The van der Waals surface area contributed by atoms with Gasteiger partial charge in [0.1, 0.15) is 18.3 Å². The Bertz CT molecular complexity index is 1460. The Morgan fingerprint density at radius 1 is 0.976 bits per heavy atom. The molecule has 218 valence electrons. The summed E-state index contributed by atoms with van der Waals surface area (Å²) in [5.41, 5.74) is 0.965. The molecule has 0 radical (unpaired) electrons. The minimum atomic E-state index is -4.21. The van der Waals surface area contributed by atoms with E-state index in [2.05, 4.69) is 5.32 Å². The third-order valence-electron chi connectivity index (χ3n) is 7.16. The summed E-state index contributed by atoms with van der Waals surface area (Å²) in [6.45, 7) is 1.18. The van der Waals surface area contributed by atoms with E-state index >= 15 is 0 Å². The van der Waals surface area contributed by atoms with E-state index in [1.807, 2.05) is 0 Å². The first-order chi connectivity index (χ1) is 19.6. The van der Waals surface area contributed by atoms with Crippen LogP contribution in [-0.2, 0) is 26.2 Å². The highest BCUT2D eigenvalue weighted by Gasteiger charge is 2.33. The first-order valence-corrected chi connectivity index (χ1v) is 15.5. The fourth-order valence-electron chi connectivity index (χ4n) is 4.80. The highest BCUT2D eigenvalue weighted by molar-refractivity contribution is 7.92. The van der Waals surface area contributed by atoms with Gasteiger partial charge in [-0.1, -0.05) is 54.2 Å². The number of ether oxygens (including phenoxy) is 1. The summed E-state index contributed by atoms with van der Waals surface area (Å²) in [7, 11) is -2.73. The fourth-order valence-corrected chi connectivity index (χ4v) is 6.51. The van der Waals surface area contributed by atoms with E-state index in [-0.39, 0.29) is 29.1 Å². The topological polar surface area (TPSA) is 96.0 Å². The minimum absolute atomic E-state index is 0.0256. The van der Waals surface area contributed by atoms with Crippen LogP contribution < -0.4 is 14.4 Å². The number of carbonyl (C=O) groups is 2. The molecular formula is C30H33Cl2N3O5S. The van der Waals surface area contributed by atoms with Gasteiger partial charge in [-0.2, -0.15) is 0 Å². The van der Waals surface area contributed by atoms with Crippen molar-refractivity contribution in [1.29, 1.82) is 0 Å². The van der Waals surface area contributed by atoms with Crippen LogP contribution in [0.5, 0.6) is 5.75 Å². The Kier molecular flexibility index (Phi) is 10.2. The molecule has 1 fully saturated rings. The van der Waals surface area contributed by atoms with Crippen molar-refractivity contribution in [3.63, 3.8) is 0 Å². The van der Waals surface area contributed by atoms with Crippen LogP contribution in [0.2, 0.25) is 10.0 Å². The average Bonchev–Trinajstić information content (AvgIpc) is 3.48. The number of anilines is 1. The fraction of sp³-hybridized carbons (Fsp3) is 0.333. The van der Waals surface area contributed by atoms with E-state index in [0.29, 0.717) is 15.8 Å². The van der Waals surface area contributed by atoms with Gasteiger partial charge in [-0.25, -0.2) is 8.42 Å². The van der Waals surface area contributed by atoms with Crippen molar-refractivity contribution in [3.8, 4) is 5.75 Å². The molecule has 3 aromatic rings. The second-order valence-electron chi connectivity index (χ2n) is 9.98. The first kappa shape index (κ1) is 30.7. The van der Waals surface area contributed by atoms with Gasteiger partial charge in [0.05, 0.1) is 17.7 Å². The lowest BCUT2D eigenvalue weighted by molar-refractivity contribution is -0.139. The Balaban J connectivity index is 1.68. The second kappa shape index (κ2) is 13.6. The van der Waals surface area contributed by atoms with Crippen LogP contribution >= 0.6 is 23.2 Å². The van der Waals surface area contributed by atoms with Gasteiger partial charge in [0.15, 0.2) is 0 Å². The van der Waals surface area contributed by atoms with Crippen LogP contribution in [0.25, 0.3) is 0 Å². The quantitative estimate of drug-likeness (QED) is 0.299.